The minimum Gasteiger partial charge on any atom is -0.386 e. The summed E-state index contributed by atoms with van der Waals surface area (Å²) in [6.45, 7) is 0. The number of ether oxygens (including phenoxy) is 1. The van der Waals surface area contributed by atoms with Gasteiger partial charge in [-0.3, -0.25) is 0 Å². The lowest BCUT2D eigenvalue weighted by Gasteiger charge is -1.92. The van der Waals surface area contributed by atoms with Crippen molar-refractivity contribution in [2.45, 2.75) is 0 Å². The summed E-state index contributed by atoms with van der Waals surface area (Å²) in [5.41, 5.74) is 0.594. The van der Waals surface area contributed by atoms with Crippen LogP contribution in [0.1, 0.15) is 20.7 Å². The Labute approximate surface area is 78.0 Å². The Kier molecular flexibility index (Phi) is 1.73. The van der Waals surface area contributed by atoms with E-state index in [4.69, 9.17) is 0 Å². The minimum atomic E-state index is -0.715. The molecule has 0 amide bonds. The molecule has 0 radical (unpaired) electrons. The van der Waals surface area contributed by atoms with E-state index >= 15 is 0 Å². The molecule has 1 aromatic carbocycles. The average Bonchev–Trinajstić information content (AvgIpc) is 2.43. The smallest absolute Gasteiger partial charge is 0.346 e. The van der Waals surface area contributed by atoms with Gasteiger partial charge in [-0.1, -0.05) is 0 Å². The average molecular weight is 189 g/mol. The van der Waals surface area contributed by atoms with Crippen molar-refractivity contribution >= 4 is 23.7 Å². The SMILES string of the molecule is O=C=Nc1ccc2c(c1)C(=O)OC2=O. The number of hydrogen-bond donors (Lipinski definition) is 0. The molecule has 0 saturated carbocycles. The van der Waals surface area contributed by atoms with Crippen LogP contribution < -0.4 is 0 Å². The number of nitrogens with zero attached hydrogens (tertiary/aromatic N) is 1. The summed E-state index contributed by atoms with van der Waals surface area (Å²) in [5.74, 6) is -1.39. The summed E-state index contributed by atoms with van der Waals surface area (Å²) in [5, 5.41) is 0. The van der Waals surface area contributed by atoms with Crippen LogP contribution in [-0.4, -0.2) is 18.0 Å². The van der Waals surface area contributed by atoms with Crippen molar-refractivity contribution < 1.29 is 19.1 Å². The maximum atomic E-state index is 11.0. The largest absolute Gasteiger partial charge is 0.386 e. The highest BCUT2D eigenvalue weighted by molar-refractivity contribution is 6.15. The summed E-state index contributed by atoms with van der Waals surface area (Å²) < 4.78 is 4.35. The quantitative estimate of drug-likeness (QED) is 0.285. The Morgan fingerprint density at radius 1 is 1.14 bits per heavy atom. The second-order valence-electron chi connectivity index (χ2n) is 2.61. The minimum absolute atomic E-state index is 0.131. The zero-order valence-corrected chi connectivity index (χ0v) is 6.81. The number of hydrogen-bond acceptors (Lipinski definition) is 5. The fourth-order valence-electron chi connectivity index (χ4n) is 1.20. The van der Waals surface area contributed by atoms with Crippen LogP contribution >= 0.6 is 0 Å². The molecule has 1 aromatic rings. The lowest BCUT2D eigenvalue weighted by atomic mass is 10.1. The molecule has 1 aliphatic heterocycles. The molecular weight excluding hydrogens is 186 g/mol. The van der Waals surface area contributed by atoms with Gasteiger partial charge in [0.25, 0.3) is 0 Å². The molecule has 0 bridgehead atoms. The summed E-state index contributed by atoms with van der Waals surface area (Å²) >= 11 is 0. The highest BCUT2D eigenvalue weighted by Crippen LogP contribution is 2.24. The van der Waals surface area contributed by atoms with E-state index in [-0.39, 0.29) is 16.8 Å². The molecule has 0 spiro atoms. The van der Waals surface area contributed by atoms with E-state index in [9.17, 15) is 14.4 Å². The monoisotopic (exact) mass is 189 g/mol. The molecular formula is C9H3NO4. The normalized spacial score (nSPS) is 13.1. The number of aliphatic imine (C=N–C) groups is 1. The molecule has 0 N–H and O–H groups in total. The molecule has 2 rings (SSSR count). The van der Waals surface area contributed by atoms with Crippen LogP contribution in [0.15, 0.2) is 23.2 Å². The van der Waals surface area contributed by atoms with E-state index in [1.165, 1.54) is 24.3 Å². The summed E-state index contributed by atoms with van der Waals surface area (Å²) in [6, 6.07) is 4.13. The standard InChI is InChI=1S/C9H3NO4/c11-4-10-5-1-2-6-7(3-5)9(13)14-8(6)12/h1-3H. The van der Waals surface area contributed by atoms with Gasteiger partial charge in [-0.05, 0) is 18.2 Å². The van der Waals surface area contributed by atoms with Crippen molar-refractivity contribution in [3.8, 4) is 0 Å². The van der Waals surface area contributed by atoms with Gasteiger partial charge < -0.3 is 4.74 Å². The molecule has 5 nitrogen and oxygen atoms in total. The number of carbonyl (C=O) groups is 2. The first-order valence-electron chi connectivity index (χ1n) is 3.71. The first-order valence-corrected chi connectivity index (χ1v) is 3.71. The predicted octanol–water partition coefficient (Wildman–Crippen LogP) is 0.965. The predicted molar refractivity (Wildman–Crippen MR) is 44.0 cm³/mol. The van der Waals surface area contributed by atoms with Crippen LogP contribution in [0.3, 0.4) is 0 Å². The third kappa shape index (κ3) is 1.12. The van der Waals surface area contributed by atoms with Crippen molar-refractivity contribution in [1.82, 2.24) is 0 Å². The molecule has 0 aromatic heterocycles. The van der Waals surface area contributed by atoms with Crippen molar-refractivity contribution in [1.29, 1.82) is 0 Å². The van der Waals surface area contributed by atoms with E-state index in [0.717, 1.165) is 0 Å². The van der Waals surface area contributed by atoms with Crippen LogP contribution in [-0.2, 0) is 9.53 Å². The summed E-state index contributed by atoms with van der Waals surface area (Å²) in [6.07, 6.45) is 1.34. The van der Waals surface area contributed by atoms with Crippen LogP contribution in [0, 0.1) is 0 Å². The fourth-order valence-corrected chi connectivity index (χ4v) is 1.20. The van der Waals surface area contributed by atoms with Gasteiger partial charge in [0.2, 0.25) is 6.08 Å². The topological polar surface area (TPSA) is 72.8 Å². The van der Waals surface area contributed by atoms with Crippen LogP contribution in [0.25, 0.3) is 0 Å². The number of cyclic esters (lactones) is 2. The first-order chi connectivity index (χ1) is 6.72. The molecule has 0 aliphatic carbocycles. The van der Waals surface area contributed by atoms with Crippen LogP contribution in [0.4, 0.5) is 5.69 Å². The van der Waals surface area contributed by atoms with Crippen molar-refractivity contribution in [3.05, 3.63) is 29.3 Å². The lowest BCUT2D eigenvalue weighted by Crippen LogP contribution is -1.96. The van der Waals surface area contributed by atoms with E-state index in [0.29, 0.717) is 0 Å². The van der Waals surface area contributed by atoms with Gasteiger partial charge in [0.1, 0.15) is 0 Å². The number of benzene rings is 1. The first kappa shape index (κ1) is 8.34. The van der Waals surface area contributed by atoms with Gasteiger partial charge in [-0.25, -0.2) is 14.4 Å². The van der Waals surface area contributed by atoms with Crippen LogP contribution in [0.2, 0.25) is 0 Å². The number of esters is 2. The van der Waals surface area contributed by atoms with Crippen molar-refractivity contribution in [2.75, 3.05) is 0 Å². The van der Waals surface area contributed by atoms with Gasteiger partial charge in [-0.2, -0.15) is 4.99 Å². The zero-order chi connectivity index (χ0) is 10.1. The highest BCUT2D eigenvalue weighted by Gasteiger charge is 2.29. The third-order valence-corrected chi connectivity index (χ3v) is 1.80. The molecule has 0 fully saturated rings. The van der Waals surface area contributed by atoms with E-state index in [2.05, 4.69) is 9.73 Å². The second-order valence-corrected chi connectivity index (χ2v) is 2.61. The molecule has 0 atom stereocenters. The Morgan fingerprint density at radius 2 is 1.86 bits per heavy atom. The van der Waals surface area contributed by atoms with Gasteiger partial charge >= 0.3 is 11.9 Å². The molecule has 14 heavy (non-hydrogen) atoms. The maximum Gasteiger partial charge on any atom is 0.346 e. The highest BCUT2D eigenvalue weighted by atomic mass is 16.6. The third-order valence-electron chi connectivity index (χ3n) is 1.80. The molecule has 0 saturated heterocycles. The second kappa shape index (κ2) is 2.90. The van der Waals surface area contributed by atoms with Gasteiger partial charge in [-0.15, -0.1) is 0 Å². The van der Waals surface area contributed by atoms with E-state index < -0.39 is 11.9 Å². The molecule has 5 heteroatoms. The molecule has 1 aliphatic rings. The number of rotatable bonds is 1. The van der Waals surface area contributed by atoms with Crippen LogP contribution in [0.5, 0.6) is 0 Å². The Bertz CT molecular complexity index is 486. The summed E-state index contributed by atoms with van der Waals surface area (Å²) in [4.78, 5) is 35.3. The van der Waals surface area contributed by atoms with Gasteiger partial charge in [0, 0.05) is 0 Å². The van der Waals surface area contributed by atoms with E-state index in [1.807, 2.05) is 0 Å². The maximum absolute atomic E-state index is 11.0. The summed E-state index contributed by atoms with van der Waals surface area (Å²) in [7, 11) is 0. The van der Waals surface area contributed by atoms with Crippen molar-refractivity contribution in [3.63, 3.8) is 0 Å². The molecule has 1 heterocycles. The van der Waals surface area contributed by atoms with E-state index in [1.54, 1.807) is 0 Å². The molecule has 68 valence electrons. The number of isocyanates is 1. The number of carbonyl (C=O) groups excluding carboxylic acids is 3. The van der Waals surface area contributed by atoms with Gasteiger partial charge in [0.15, 0.2) is 0 Å². The van der Waals surface area contributed by atoms with Crippen molar-refractivity contribution in [2.24, 2.45) is 4.99 Å². The lowest BCUT2D eigenvalue weighted by molar-refractivity contribution is 0.0444. The fraction of sp³-hybridized carbons (Fsp3) is 0. The number of fused-ring (bicyclic) bond motifs is 1. The zero-order valence-electron chi connectivity index (χ0n) is 6.81. The Morgan fingerprint density at radius 3 is 2.57 bits per heavy atom. The molecule has 0 unspecified atom stereocenters. The van der Waals surface area contributed by atoms with Gasteiger partial charge in [0.05, 0.1) is 16.8 Å². The Balaban J connectivity index is 2.60. The Hall–Kier alpha value is -2.26.